The molecule has 1 rings (SSSR count). The fraction of sp³-hybridized carbons (Fsp3) is 0.647. The highest BCUT2D eigenvalue weighted by Gasteiger charge is 2.25. The molecule has 1 N–H and O–H groups in total. The van der Waals surface area contributed by atoms with Gasteiger partial charge in [0.2, 0.25) is 0 Å². The van der Waals surface area contributed by atoms with Gasteiger partial charge in [-0.15, -0.1) is 0 Å². The third-order valence-corrected chi connectivity index (χ3v) is 4.52. The van der Waals surface area contributed by atoms with Crippen LogP contribution in [-0.4, -0.2) is 45.3 Å². The van der Waals surface area contributed by atoms with Gasteiger partial charge in [-0.3, -0.25) is 4.90 Å². The van der Waals surface area contributed by atoms with Gasteiger partial charge in [0.1, 0.15) is 11.5 Å². The van der Waals surface area contributed by atoms with E-state index >= 15 is 0 Å². The minimum absolute atomic E-state index is 0.175. The highest BCUT2D eigenvalue weighted by molar-refractivity contribution is 5.42. The second-order valence-electron chi connectivity index (χ2n) is 6.00. The third-order valence-electron chi connectivity index (χ3n) is 4.52. The van der Waals surface area contributed by atoms with Crippen molar-refractivity contribution in [2.75, 3.05) is 34.9 Å². The van der Waals surface area contributed by atoms with E-state index in [0.717, 1.165) is 30.0 Å². The molecule has 4 nitrogen and oxygen atoms in total. The molecule has 0 aliphatic rings. The Kier molecular flexibility index (Phi) is 6.49. The molecule has 0 aliphatic carbocycles. The first kappa shape index (κ1) is 17.8. The summed E-state index contributed by atoms with van der Waals surface area (Å²) in [5, 5.41) is 3.40. The monoisotopic (exact) mass is 294 g/mol. The number of hydrogen-bond acceptors (Lipinski definition) is 4. The quantitative estimate of drug-likeness (QED) is 0.799. The van der Waals surface area contributed by atoms with Crippen molar-refractivity contribution in [2.45, 2.75) is 38.8 Å². The average Bonchev–Trinajstić information content (AvgIpc) is 2.51. The van der Waals surface area contributed by atoms with Crippen LogP contribution in [0.15, 0.2) is 18.2 Å². The predicted octanol–water partition coefficient (Wildman–Crippen LogP) is 3.08. The first-order valence-corrected chi connectivity index (χ1v) is 7.50. The summed E-state index contributed by atoms with van der Waals surface area (Å²) in [7, 11) is 7.52. The van der Waals surface area contributed by atoms with Gasteiger partial charge in [0, 0.05) is 29.8 Å². The molecule has 0 radical (unpaired) electrons. The SMILES string of the molecule is CCC(C)(C)N(C)CC(NC)c1ccc(OC)cc1OC. The highest BCUT2D eigenvalue weighted by atomic mass is 16.5. The molecule has 1 atom stereocenters. The van der Waals surface area contributed by atoms with Gasteiger partial charge < -0.3 is 14.8 Å². The van der Waals surface area contributed by atoms with Gasteiger partial charge in [-0.1, -0.05) is 13.0 Å². The van der Waals surface area contributed by atoms with E-state index in [-0.39, 0.29) is 11.6 Å². The molecule has 0 bridgehead atoms. The molecule has 21 heavy (non-hydrogen) atoms. The molecule has 0 aromatic heterocycles. The number of methoxy groups -OCH3 is 2. The summed E-state index contributed by atoms with van der Waals surface area (Å²) in [5.74, 6) is 1.67. The Morgan fingerprint density at radius 2 is 1.90 bits per heavy atom. The Balaban J connectivity index is 3.00. The number of nitrogens with one attached hydrogen (secondary N) is 1. The normalized spacial score (nSPS) is 13.3. The second kappa shape index (κ2) is 7.66. The highest BCUT2D eigenvalue weighted by Crippen LogP contribution is 2.31. The molecule has 120 valence electrons. The van der Waals surface area contributed by atoms with Crippen LogP contribution in [-0.2, 0) is 0 Å². The molecule has 0 spiro atoms. The van der Waals surface area contributed by atoms with Crippen LogP contribution in [0.5, 0.6) is 11.5 Å². The lowest BCUT2D eigenvalue weighted by atomic mass is 9.97. The van der Waals surface area contributed by atoms with Crippen LogP contribution < -0.4 is 14.8 Å². The van der Waals surface area contributed by atoms with Crippen LogP contribution in [0.1, 0.15) is 38.8 Å². The van der Waals surface area contributed by atoms with Crippen molar-refractivity contribution in [2.24, 2.45) is 0 Å². The van der Waals surface area contributed by atoms with Crippen LogP contribution in [0.3, 0.4) is 0 Å². The fourth-order valence-electron chi connectivity index (χ4n) is 2.24. The van der Waals surface area contributed by atoms with E-state index in [0.29, 0.717) is 0 Å². The van der Waals surface area contributed by atoms with Crippen molar-refractivity contribution < 1.29 is 9.47 Å². The van der Waals surface area contributed by atoms with Crippen molar-refractivity contribution in [3.8, 4) is 11.5 Å². The Bertz CT molecular complexity index is 446. The zero-order valence-electron chi connectivity index (χ0n) is 14.5. The van der Waals surface area contributed by atoms with Gasteiger partial charge in [-0.25, -0.2) is 0 Å². The summed E-state index contributed by atoms with van der Waals surface area (Å²) in [4.78, 5) is 2.39. The van der Waals surface area contributed by atoms with E-state index in [4.69, 9.17) is 9.47 Å². The topological polar surface area (TPSA) is 33.7 Å². The average molecular weight is 294 g/mol. The van der Waals surface area contributed by atoms with Crippen molar-refractivity contribution >= 4 is 0 Å². The Morgan fingerprint density at radius 1 is 1.24 bits per heavy atom. The van der Waals surface area contributed by atoms with Crippen molar-refractivity contribution in [3.05, 3.63) is 23.8 Å². The molecule has 0 amide bonds. The molecule has 0 heterocycles. The molecular weight excluding hydrogens is 264 g/mol. The van der Waals surface area contributed by atoms with E-state index in [9.17, 15) is 0 Å². The first-order valence-electron chi connectivity index (χ1n) is 7.50. The Hall–Kier alpha value is -1.26. The van der Waals surface area contributed by atoms with E-state index in [2.05, 4.69) is 44.1 Å². The van der Waals surface area contributed by atoms with Crippen LogP contribution in [0.25, 0.3) is 0 Å². The minimum atomic E-state index is 0.175. The minimum Gasteiger partial charge on any atom is -0.497 e. The number of nitrogens with zero attached hydrogens (tertiary/aromatic N) is 1. The lowest BCUT2D eigenvalue weighted by Gasteiger charge is -2.37. The first-order chi connectivity index (χ1) is 9.89. The molecule has 1 unspecified atom stereocenters. The van der Waals surface area contributed by atoms with Gasteiger partial charge in [0.25, 0.3) is 0 Å². The van der Waals surface area contributed by atoms with Crippen molar-refractivity contribution in [3.63, 3.8) is 0 Å². The smallest absolute Gasteiger partial charge is 0.127 e. The summed E-state index contributed by atoms with van der Waals surface area (Å²) in [5.41, 5.74) is 1.33. The van der Waals surface area contributed by atoms with Gasteiger partial charge in [-0.2, -0.15) is 0 Å². The summed E-state index contributed by atoms with van der Waals surface area (Å²) in [6, 6.07) is 6.20. The Labute approximate surface area is 129 Å². The van der Waals surface area contributed by atoms with Gasteiger partial charge in [-0.05, 0) is 40.4 Å². The van der Waals surface area contributed by atoms with E-state index in [1.54, 1.807) is 14.2 Å². The van der Waals surface area contributed by atoms with Crippen LogP contribution >= 0.6 is 0 Å². The van der Waals surface area contributed by atoms with Crippen LogP contribution in [0.2, 0.25) is 0 Å². The van der Waals surface area contributed by atoms with E-state index < -0.39 is 0 Å². The van der Waals surface area contributed by atoms with Gasteiger partial charge in [0.15, 0.2) is 0 Å². The number of hydrogen-bond donors (Lipinski definition) is 1. The molecule has 0 saturated carbocycles. The lowest BCUT2D eigenvalue weighted by Crippen LogP contribution is -2.44. The maximum Gasteiger partial charge on any atom is 0.127 e. The molecule has 4 heteroatoms. The number of likely N-dealkylation sites (N-methyl/N-ethyl adjacent to an activating group) is 2. The van der Waals surface area contributed by atoms with E-state index in [1.807, 2.05) is 19.2 Å². The third kappa shape index (κ3) is 4.35. The van der Waals surface area contributed by atoms with Crippen LogP contribution in [0, 0.1) is 0 Å². The van der Waals surface area contributed by atoms with Gasteiger partial charge >= 0.3 is 0 Å². The zero-order valence-corrected chi connectivity index (χ0v) is 14.5. The largest absolute Gasteiger partial charge is 0.497 e. The second-order valence-corrected chi connectivity index (χ2v) is 6.00. The fourth-order valence-corrected chi connectivity index (χ4v) is 2.24. The summed E-state index contributed by atoms with van der Waals surface area (Å²) < 4.78 is 10.8. The van der Waals surface area contributed by atoms with Gasteiger partial charge in [0.05, 0.1) is 14.2 Å². The maximum atomic E-state index is 5.53. The number of ether oxygens (including phenoxy) is 2. The Morgan fingerprint density at radius 3 is 2.38 bits per heavy atom. The molecule has 1 aromatic carbocycles. The van der Waals surface area contributed by atoms with Crippen molar-refractivity contribution in [1.29, 1.82) is 0 Å². The zero-order chi connectivity index (χ0) is 16.0. The van der Waals surface area contributed by atoms with Crippen molar-refractivity contribution in [1.82, 2.24) is 10.2 Å². The van der Waals surface area contributed by atoms with Crippen LogP contribution in [0.4, 0.5) is 0 Å². The van der Waals surface area contributed by atoms with E-state index in [1.165, 1.54) is 0 Å². The lowest BCUT2D eigenvalue weighted by molar-refractivity contribution is 0.136. The molecule has 1 aromatic rings. The number of rotatable bonds is 8. The molecule has 0 aliphatic heterocycles. The standard InChI is InChI=1S/C17H30N2O2/c1-8-17(2,3)19(5)12-15(18-4)14-10-9-13(20-6)11-16(14)21-7/h9-11,15,18H,8,12H2,1-7H3. The summed E-state index contributed by atoms with van der Waals surface area (Å²) in [6.45, 7) is 7.68. The molecular formula is C17H30N2O2. The predicted molar refractivity (Wildman–Crippen MR) is 88.3 cm³/mol. The molecule has 0 fully saturated rings. The maximum absolute atomic E-state index is 5.53. The summed E-state index contributed by atoms with van der Waals surface area (Å²) >= 11 is 0. The number of benzene rings is 1. The summed E-state index contributed by atoms with van der Waals surface area (Å²) in [6.07, 6.45) is 1.11. The molecule has 0 saturated heterocycles.